The molecule has 16 heteroatoms. The Morgan fingerprint density at radius 2 is 0.823 bits per heavy atom. The first-order valence-electron chi connectivity index (χ1n) is 23.4. The van der Waals surface area contributed by atoms with Gasteiger partial charge in [-0.1, -0.05) is 165 Å². The Morgan fingerprint density at radius 3 is 1.16 bits per heavy atom. The Hall–Kier alpha value is -0.290. The van der Waals surface area contributed by atoms with Crippen molar-refractivity contribution in [2.45, 2.75) is 195 Å². The number of unbranched alkanes of at least 4 members (excludes halogenated alkanes) is 8. The van der Waals surface area contributed by atoms with Gasteiger partial charge in [-0.15, -0.1) is 0 Å². The molecule has 0 rings (SSSR count). The van der Waals surface area contributed by atoms with Gasteiger partial charge in [0.2, 0.25) is 0 Å². The van der Waals surface area contributed by atoms with E-state index < -0.39 is 10.1 Å². The van der Waals surface area contributed by atoms with E-state index in [9.17, 15) is 19.2 Å². The number of halogens is 1. The first kappa shape index (κ1) is 68.3. The van der Waals surface area contributed by atoms with Crippen LogP contribution in [0.25, 0.3) is 0 Å². The summed E-state index contributed by atoms with van der Waals surface area (Å²) in [6.07, 6.45) is 17.2. The molecule has 0 saturated heterocycles. The first-order valence-corrected chi connectivity index (χ1v) is 26.4. The Balaban J connectivity index is -0.000000448. The maximum absolute atomic E-state index is 12.7. The molecule has 0 spiro atoms. The number of alkyl halides is 1. The molecule has 0 aliphatic rings. The van der Waals surface area contributed by atoms with E-state index in [0.29, 0.717) is 43.6 Å². The van der Waals surface area contributed by atoms with Crippen LogP contribution in [0.4, 0.5) is 0 Å². The van der Waals surface area contributed by atoms with E-state index in [1.165, 1.54) is 37.4 Å². The molecule has 10 nitrogen and oxygen atoms in total. The van der Waals surface area contributed by atoms with Crippen LogP contribution in [0.3, 0.4) is 0 Å². The fourth-order valence-corrected chi connectivity index (χ4v) is 7.74. The molecule has 0 bridgehead atoms. The number of esters is 4. The zero-order chi connectivity index (χ0) is 46.8. The van der Waals surface area contributed by atoms with Gasteiger partial charge >= 0.3 is 53.4 Å². The van der Waals surface area contributed by atoms with Crippen molar-refractivity contribution < 1.29 is 67.7 Å². The minimum Gasteiger partial charge on any atom is -0.465 e. The molecular formula is C46H86BrN2NaO8S4. The van der Waals surface area contributed by atoms with Crippen molar-refractivity contribution in [1.29, 1.82) is 0 Å². The average Bonchev–Trinajstić information content (AvgIpc) is 3.23. The van der Waals surface area contributed by atoms with E-state index in [0.717, 1.165) is 108 Å². The van der Waals surface area contributed by atoms with E-state index in [-0.39, 0.29) is 65.3 Å². The predicted molar refractivity (Wildman–Crippen MR) is 270 cm³/mol. The first-order chi connectivity index (χ1) is 29.1. The largest absolute Gasteiger partial charge is 1.00 e. The summed E-state index contributed by atoms with van der Waals surface area (Å²) in [7, 11) is 0. The number of nitrogens with zero attached hydrogens (tertiary/aromatic N) is 2. The van der Waals surface area contributed by atoms with Crippen molar-refractivity contribution in [1.82, 2.24) is 9.80 Å². The summed E-state index contributed by atoms with van der Waals surface area (Å²) in [5.41, 5.74) is 0. The van der Waals surface area contributed by atoms with Crippen LogP contribution in [0.15, 0.2) is 0 Å². The molecule has 4 atom stereocenters. The van der Waals surface area contributed by atoms with E-state index in [1.807, 2.05) is 20.8 Å². The predicted octanol–water partition coefficient (Wildman–Crippen LogP) is 9.18. The van der Waals surface area contributed by atoms with Crippen LogP contribution in [-0.4, -0.2) is 105 Å². The van der Waals surface area contributed by atoms with Crippen molar-refractivity contribution in [2.24, 2.45) is 11.8 Å². The van der Waals surface area contributed by atoms with Crippen molar-refractivity contribution in [2.75, 3.05) is 52.6 Å². The maximum atomic E-state index is 12.7. The Labute approximate surface area is 430 Å². The number of rotatable bonds is 33. The number of carbonyl (C=O) groups excluding carboxylic acids is 4. The third-order valence-electron chi connectivity index (χ3n) is 9.31. The molecule has 0 aromatic carbocycles. The topological polar surface area (TPSA) is 112 Å². The van der Waals surface area contributed by atoms with E-state index in [1.54, 1.807) is 6.92 Å². The molecule has 0 aliphatic carbocycles. The van der Waals surface area contributed by atoms with Gasteiger partial charge in [-0.2, -0.15) is 0 Å². The van der Waals surface area contributed by atoms with Gasteiger partial charge in [0, 0.05) is 26.2 Å². The summed E-state index contributed by atoms with van der Waals surface area (Å²) in [6, 6.07) is 0. The molecule has 0 fully saturated rings. The summed E-state index contributed by atoms with van der Waals surface area (Å²) in [5.74, 6) is -1.77. The van der Waals surface area contributed by atoms with Crippen LogP contribution >= 0.6 is 52.1 Å². The van der Waals surface area contributed by atoms with Crippen LogP contribution < -0.4 is 29.6 Å². The average molecular weight is 1030 g/mol. The van der Waals surface area contributed by atoms with E-state index >= 15 is 0 Å². The number of thioether (sulfide) groups is 1. The molecule has 62 heavy (non-hydrogen) atoms. The van der Waals surface area contributed by atoms with Crippen LogP contribution in [0.1, 0.15) is 185 Å². The second-order valence-electron chi connectivity index (χ2n) is 15.4. The second-order valence-corrected chi connectivity index (χ2v) is 19.3. The summed E-state index contributed by atoms with van der Waals surface area (Å²) >= 11 is 20.3. The fourth-order valence-electron chi connectivity index (χ4n) is 5.03. The summed E-state index contributed by atoms with van der Waals surface area (Å²) < 4.78 is 22.4. The van der Waals surface area contributed by atoms with E-state index in [4.69, 9.17) is 56.0 Å². The Bertz CT molecular complexity index is 1100. The normalized spacial score (nSPS) is 12.3. The van der Waals surface area contributed by atoms with Gasteiger partial charge in [-0.05, 0) is 64.2 Å². The quantitative estimate of drug-likeness (QED) is 0.0119. The van der Waals surface area contributed by atoms with Gasteiger partial charge in [0.25, 0.3) is 0 Å². The molecule has 0 aliphatic heterocycles. The molecule has 0 aromatic heterocycles. The van der Waals surface area contributed by atoms with Gasteiger partial charge in [-0.3, -0.25) is 19.2 Å². The fraction of sp³-hybridized carbons (Fsp3) is 0.870. The smallest absolute Gasteiger partial charge is 0.465 e. The van der Waals surface area contributed by atoms with Crippen molar-refractivity contribution in [3.05, 3.63) is 0 Å². The number of thiocarbonyl (C=S) groups is 2. The number of hydrogen-bond acceptors (Lipinski definition) is 12. The molecule has 0 N–H and O–H groups in total. The van der Waals surface area contributed by atoms with Crippen LogP contribution in [0, 0.1) is 11.8 Å². The SMILES string of the molecule is CCCCN(CCCC)C(=S)[S-].CCCCOC(=O)C(C)CC(Br)C(=O)OCCCC.CCCCOC(=O)C(C)CC(SC(=S)N(CCCC)CCCC)C(=O)OCCCC.[Na+]. The zero-order valence-corrected chi connectivity index (χ0v) is 47.7. The molecular weight excluding hydrogens is 940 g/mol. The molecule has 0 radical (unpaired) electrons. The molecule has 0 heterocycles. The molecule has 0 aromatic rings. The Kier molecular flexibility index (Phi) is 53.6. The summed E-state index contributed by atoms with van der Waals surface area (Å²) in [4.78, 5) is 52.2. The molecule has 360 valence electrons. The second kappa shape index (κ2) is 48.6. The zero-order valence-electron chi connectivity index (χ0n) is 40.9. The number of ether oxygens (including phenoxy) is 4. The molecule has 0 saturated carbocycles. The van der Waals surface area contributed by atoms with Gasteiger partial charge in [0.15, 0.2) is 0 Å². The third-order valence-corrected chi connectivity index (χ3v) is 12.2. The third kappa shape index (κ3) is 40.0. The molecule has 0 amide bonds. The van der Waals surface area contributed by atoms with Crippen molar-refractivity contribution in [3.63, 3.8) is 0 Å². The van der Waals surface area contributed by atoms with Gasteiger partial charge in [0.1, 0.15) is 14.4 Å². The molecule has 4 unspecified atom stereocenters. The summed E-state index contributed by atoms with van der Waals surface area (Å²) in [6.45, 7) is 26.1. The van der Waals surface area contributed by atoms with Gasteiger partial charge in [0.05, 0.1) is 38.3 Å². The number of carbonyl (C=O) groups is 4. The van der Waals surface area contributed by atoms with Gasteiger partial charge < -0.3 is 53.6 Å². The van der Waals surface area contributed by atoms with Crippen LogP contribution in [0.2, 0.25) is 0 Å². The number of hydrogen-bond donors (Lipinski definition) is 0. The van der Waals surface area contributed by atoms with Crippen molar-refractivity contribution in [3.8, 4) is 0 Å². The minimum atomic E-state index is -0.492. The van der Waals surface area contributed by atoms with Crippen LogP contribution in [0.5, 0.6) is 0 Å². The van der Waals surface area contributed by atoms with E-state index in [2.05, 4.69) is 67.3 Å². The monoisotopic (exact) mass is 1020 g/mol. The summed E-state index contributed by atoms with van der Waals surface area (Å²) in [5, 5.41) is -0.492. The van der Waals surface area contributed by atoms with Crippen molar-refractivity contribution >= 4 is 97.3 Å². The van der Waals surface area contributed by atoms with Crippen LogP contribution in [-0.2, 0) is 50.8 Å². The van der Waals surface area contributed by atoms with Gasteiger partial charge in [-0.25, -0.2) is 0 Å². The minimum absolute atomic E-state index is 0. The Morgan fingerprint density at radius 1 is 0.516 bits per heavy atom. The standard InChI is InChI=1S/C23H43NO4S2.C14H25BrO4.C9H19NS2.Na/c1-6-10-14-24(15-11-7-2)23(29)30-20(22(26)28-17-13-9-4)18-19(5)21(25)27-16-12-8-3;1-4-6-8-18-13(16)11(3)10-12(15)14(17)19-9-7-5-2;1-3-5-7-10(9(11)12)8-6-4-2;/h19-20H,6-18H2,1-5H3;11-12H,4-10H2,1-3H3;3-8H2,1-2H3,(H,11,12);/q;;;+1/p-1. The maximum Gasteiger partial charge on any atom is 1.00 e.